The van der Waals surface area contributed by atoms with Crippen molar-refractivity contribution in [2.45, 2.75) is 38.6 Å². The molecule has 0 amide bonds. The summed E-state index contributed by atoms with van der Waals surface area (Å²) in [6.07, 6.45) is 7.34. The van der Waals surface area contributed by atoms with E-state index in [-0.39, 0.29) is 11.3 Å². The molecule has 2 aromatic carbocycles. The predicted molar refractivity (Wildman–Crippen MR) is 128 cm³/mol. The second-order valence-corrected chi connectivity index (χ2v) is 9.15. The summed E-state index contributed by atoms with van der Waals surface area (Å²) in [5.74, 6) is 0.888. The van der Waals surface area contributed by atoms with Crippen LogP contribution in [0.15, 0.2) is 54.2 Å². The number of hydrogen-bond acceptors (Lipinski definition) is 3. The first-order valence-corrected chi connectivity index (χ1v) is 11.6. The summed E-state index contributed by atoms with van der Waals surface area (Å²) in [6.45, 7) is 3.51. The van der Waals surface area contributed by atoms with Crippen molar-refractivity contribution in [3.8, 4) is 5.75 Å². The highest BCUT2D eigenvalue weighted by atomic mass is 35.5. The molecule has 162 valence electrons. The maximum Gasteiger partial charge on any atom is 0.248 e. The highest BCUT2D eigenvalue weighted by Crippen LogP contribution is 2.35. The van der Waals surface area contributed by atoms with E-state index in [1.807, 2.05) is 41.4 Å². The molecule has 1 aliphatic heterocycles. The van der Waals surface area contributed by atoms with Crippen LogP contribution in [0.3, 0.4) is 0 Å². The van der Waals surface area contributed by atoms with Gasteiger partial charge in [0.25, 0.3) is 0 Å². The van der Waals surface area contributed by atoms with Crippen LogP contribution in [-0.2, 0) is 17.6 Å². The van der Waals surface area contributed by atoms with E-state index in [1.165, 1.54) is 22.3 Å². The number of aryl methyl sites for hydroxylation is 1. The van der Waals surface area contributed by atoms with Gasteiger partial charge in [0.15, 0.2) is 0 Å². The summed E-state index contributed by atoms with van der Waals surface area (Å²) in [5, 5.41) is 1.08. The molecule has 0 bridgehead atoms. The van der Waals surface area contributed by atoms with Crippen LogP contribution in [-0.4, -0.2) is 29.3 Å². The van der Waals surface area contributed by atoms with Crippen molar-refractivity contribution in [1.82, 2.24) is 4.90 Å². The number of halogens is 3. The third kappa shape index (κ3) is 4.95. The van der Waals surface area contributed by atoms with Gasteiger partial charge in [0.2, 0.25) is 5.24 Å². The topological polar surface area (TPSA) is 29.5 Å². The van der Waals surface area contributed by atoms with Gasteiger partial charge in [-0.25, -0.2) is 0 Å². The van der Waals surface area contributed by atoms with Crippen LogP contribution in [0.5, 0.6) is 5.75 Å². The minimum atomic E-state index is -0.324. The Labute approximate surface area is 198 Å². The van der Waals surface area contributed by atoms with Gasteiger partial charge in [-0.2, -0.15) is 0 Å². The van der Waals surface area contributed by atoms with Gasteiger partial charge < -0.3 is 9.64 Å². The van der Waals surface area contributed by atoms with Gasteiger partial charge in [0.05, 0.1) is 6.61 Å². The molecule has 31 heavy (non-hydrogen) atoms. The third-order valence-corrected chi connectivity index (χ3v) is 6.96. The van der Waals surface area contributed by atoms with E-state index in [4.69, 9.17) is 39.5 Å². The first-order chi connectivity index (χ1) is 14.9. The molecule has 0 saturated carbocycles. The van der Waals surface area contributed by atoms with Gasteiger partial charge in [-0.1, -0.05) is 35.3 Å². The van der Waals surface area contributed by atoms with E-state index in [0.29, 0.717) is 16.7 Å². The van der Waals surface area contributed by atoms with Gasteiger partial charge in [0.1, 0.15) is 11.8 Å². The minimum absolute atomic E-state index is 0.292. The summed E-state index contributed by atoms with van der Waals surface area (Å²) < 4.78 is 6.00. The number of rotatable bonds is 8. The van der Waals surface area contributed by atoms with Crippen molar-refractivity contribution >= 4 is 45.6 Å². The highest BCUT2D eigenvalue weighted by Gasteiger charge is 2.28. The average molecular weight is 477 g/mol. The molecule has 2 aromatic rings. The van der Waals surface area contributed by atoms with Gasteiger partial charge in [-0.3, -0.25) is 4.79 Å². The lowest BCUT2D eigenvalue weighted by molar-refractivity contribution is -0.115. The molecule has 1 atom stereocenters. The van der Waals surface area contributed by atoms with Gasteiger partial charge in [-0.15, -0.1) is 0 Å². The molecule has 0 saturated heterocycles. The fraction of sp³-hybridized carbons (Fsp3) is 0.320. The van der Waals surface area contributed by atoms with Crippen LogP contribution in [0, 0.1) is 0 Å². The molecular formula is C25H24Cl3NO2. The van der Waals surface area contributed by atoms with Crippen molar-refractivity contribution in [1.29, 1.82) is 0 Å². The van der Waals surface area contributed by atoms with Crippen molar-refractivity contribution in [2.24, 2.45) is 0 Å². The lowest BCUT2D eigenvalue weighted by Gasteiger charge is -2.35. The Hall–Kier alpha value is -1.94. The monoisotopic (exact) mass is 475 g/mol. The molecule has 0 N–H and O–H groups in total. The molecule has 0 radical (unpaired) electrons. The predicted octanol–water partition coefficient (Wildman–Crippen LogP) is 6.69. The Bertz CT molecular complexity index is 1040. The van der Waals surface area contributed by atoms with Crippen LogP contribution in [0.1, 0.15) is 36.5 Å². The van der Waals surface area contributed by atoms with Gasteiger partial charge in [-0.05, 0) is 109 Å². The fourth-order valence-electron chi connectivity index (χ4n) is 4.18. The first kappa shape index (κ1) is 22.3. The number of benzene rings is 2. The zero-order valence-corrected chi connectivity index (χ0v) is 19.6. The first-order valence-electron chi connectivity index (χ1n) is 10.4. The van der Waals surface area contributed by atoms with Crippen molar-refractivity contribution in [3.63, 3.8) is 0 Å². The number of hydrogen-bond donors (Lipinski definition) is 0. The number of carbonyl (C=O) groups is 1. The quantitative estimate of drug-likeness (QED) is 0.314. The second kappa shape index (κ2) is 9.68. The van der Waals surface area contributed by atoms with Crippen molar-refractivity contribution < 1.29 is 9.53 Å². The molecule has 1 unspecified atom stereocenters. The molecular weight excluding hydrogens is 453 g/mol. The van der Waals surface area contributed by atoms with Gasteiger partial charge >= 0.3 is 0 Å². The van der Waals surface area contributed by atoms with E-state index in [0.717, 1.165) is 43.5 Å². The maximum absolute atomic E-state index is 11.4. The summed E-state index contributed by atoms with van der Waals surface area (Å²) in [4.78, 5) is 13.4. The highest BCUT2D eigenvalue weighted by molar-refractivity contribution is 6.65. The Morgan fingerprint density at radius 2 is 1.94 bits per heavy atom. The maximum atomic E-state index is 11.4. The molecule has 0 aromatic heterocycles. The second-order valence-electron chi connectivity index (χ2n) is 7.96. The minimum Gasteiger partial charge on any atom is -0.494 e. The average Bonchev–Trinajstić information content (AvgIpc) is 2.71. The number of carbonyl (C=O) groups excluding carboxylic acids is 1. The zero-order chi connectivity index (χ0) is 22.0. The molecule has 0 spiro atoms. The smallest absolute Gasteiger partial charge is 0.248 e. The fourth-order valence-corrected chi connectivity index (χ4v) is 4.96. The Morgan fingerprint density at radius 1 is 1.16 bits per heavy atom. The van der Waals surface area contributed by atoms with Crippen molar-refractivity contribution in [3.05, 3.63) is 81.0 Å². The van der Waals surface area contributed by atoms with Gasteiger partial charge in [0, 0.05) is 16.6 Å². The summed E-state index contributed by atoms with van der Waals surface area (Å²) >= 11 is 18.1. The Morgan fingerprint density at radius 3 is 2.61 bits per heavy atom. The third-order valence-electron chi connectivity index (χ3n) is 6.03. The van der Waals surface area contributed by atoms with Crippen LogP contribution >= 0.6 is 34.8 Å². The normalized spacial score (nSPS) is 17.4. The molecule has 3 nitrogen and oxygen atoms in total. The van der Waals surface area contributed by atoms with E-state index in [2.05, 4.69) is 19.1 Å². The standard InChI is InChI=1S/C25H24Cl3NO2/c1-16-18(15-29-12-11-24(29)25(28)30)8-7-17-14-19(9-10-20(16)17)31-13-3-4-21-22(26)5-2-6-23(21)27/h2,5-6,9-12,14,24H,3-4,7-8,13,15H2,1H3. The lowest BCUT2D eigenvalue weighted by Crippen LogP contribution is -2.42. The van der Waals surface area contributed by atoms with E-state index >= 15 is 0 Å². The van der Waals surface area contributed by atoms with Crippen LogP contribution in [0.4, 0.5) is 0 Å². The molecule has 4 rings (SSSR count). The molecule has 2 aliphatic rings. The van der Waals surface area contributed by atoms with Crippen LogP contribution < -0.4 is 4.74 Å². The summed E-state index contributed by atoms with van der Waals surface area (Å²) in [6, 6.07) is 11.6. The largest absolute Gasteiger partial charge is 0.494 e. The number of nitrogens with zero attached hydrogens (tertiary/aromatic N) is 1. The summed E-state index contributed by atoms with van der Waals surface area (Å²) in [5.41, 5.74) is 6.17. The molecule has 1 heterocycles. The SMILES string of the molecule is CC1=C(CN2C=CC2C(=O)Cl)CCc2cc(OCCCc3c(Cl)cccc3Cl)ccc21. The Balaban J connectivity index is 1.36. The molecule has 1 aliphatic carbocycles. The van der Waals surface area contributed by atoms with Crippen LogP contribution in [0.25, 0.3) is 5.57 Å². The molecule has 0 fully saturated rings. The summed E-state index contributed by atoms with van der Waals surface area (Å²) in [7, 11) is 0. The lowest BCUT2D eigenvalue weighted by atomic mass is 9.85. The van der Waals surface area contributed by atoms with Crippen molar-refractivity contribution in [2.75, 3.05) is 13.2 Å². The molecule has 6 heteroatoms. The zero-order valence-electron chi connectivity index (χ0n) is 17.3. The van der Waals surface area contributed by atoms with E-state index < -0.39 is 0 Å². The van der Waals surface area contributed by atoms with Crippen LogP contribution in [0.2, 0.25) is 10.0 Å². The number of allylic oxidation sites excluding steroid dienone is 1. The number of fused-ring (bicyclic) bond motifs is 1. The number of ether oxygens (including phenoxy) is 1. The van der Waals surface area contributed by atoms with E-state index in [1.54, 1.807) is 0 Å². The van der Waals surface area contributed by atoms with E-state index in [9.17, 15) is 4.79 Å². The Kier molecular flexibility index (Phi) is 6.95.